The lowest BCUT2D eigenvalue weighted by Gasteiger charge is -2.13. The van der Waals surface area contributed by atoms with E-state index in [1.165, 1.54) is 0 Å². The number of hydrogen-bond donors (Lipinski definition) is 3. The van der Waals surface area contributed by atoms with E-state index in [0.29, 0.717) is 31.5 Å². The number of fused-ring (bicyclic) bond motifs is 1. The molecule has 0 bridgehead atoms. The molecule has 144 valence electrons. The average molecular weight is 390 g/mol. The number of methoxy groups -OCH3 is 1. The minimum atomic E-state index is -0.146. The third-order valence-electron chi connectivity index (χ3n) is 4.19. The number of halogens is 1. The molecular formula is C18H24ClN7O. The third kappa shape index (κ3) is 4.65. The average Bonchev–Trinajstić information content (AvgIpc) is 3.02. The Labute approximate surface area is 163 Å². The van der Waals surface area contributed by atoms with E-state index in [1.807, 2.05) is 32.2 Å². The van der Waals surface area contributed by atoms with Crippen molar-refractivity contribution in [2.45, 2.75) is 19.5 Å². The maximum absolute atomic E-state index is 6.22. The van der Waals surface area contributed by atoms with Crippen LogP contribution in [0.3, 0.4) is 0 Å². The van der Waals surface area contributed by atoms with Crippen LogP contribution in [-0.2, 0) is 18.3 Å². The van der Waals surface area contributed by atoms with E-state index >= 15 is 0 Å². The number of aromatic nitrogens is 4. The van der Waals surface area contributed by atoms with Crippen molar-refractivity contribution in [3.8, 4) is 0 Å². The molecule has 3 rings (SSSR count). The van der Waals surface area contributed by atoms with Gasteiger partial charge in [0.15, 0.2) is 5.65 Å². The summed E-state index contributed by atoms with van der Waals surface area (Å²) in [6, 6.07) is 5.85. The third-order valence-corrected chi connectivity index (χ3v) is 4.60. The number of nitrogens with one attached hydrogen (secondary N) is 2. The van der Waals surface area contributed by atoms with Gasteiger partial charge in [-0.2, -0.15) is 15.1 Å². The molecule has 0 fully saturated rings. The summed E-state index contributed by atoms with van der Waals surface area (Å²) in [4.78, 5) is 9.11. The quantitative estimate of drug-likeness (QED) is 0.543. The zero-order chi connectivity index (χ0) is 19.4. The predicted octanol–water partition coefficient (Wildman–Crippen LogP) is 2.32. The van der Waals surface area contributed by atoms with Crippen molar-refractivity contribution in [3.05, 3.63) is 40.5 Å². The summed E-state index contributed by atoms with van der Waals surface area (Å²) in [5.41, 5.74) is 8.82. The van der Waals surface area contributed by atoms with Crippen molar-refractivity contribution >= 4 is 34.4 Å². The topological polar surface area (TPSA) is 103 Å². The van der Waals surface area contributed by atoms with Crippen LogP contribution in [0.5, 0.6) is 0 Å². The first kappa shape index (κ1) is 19.3. The number of benzene rings is 1. The summed E-state index contributed by atoms with van der Waals surface area (Å²) in [6.45, 7) is 3.53. The second-order valence-electron chi connectivity index (χ2n) is 6.43. The fourth-order valence-corrected chi connectivity index (χ4v) is 2.87. The van der Waals surface area contributed by atoms with E-state index in [-0.39, 0.29) is 6.04 Å². The van der Waals surface area contributed by atoms with Gasteiger partial charge in [0.2, 0.25) is 5.95 Å². The summed E-state index contributed by atoms with van der Waals surface area (Å²) in [6.07, 6.45) is 1.75. The van der Waals surface area contributed by atoms with Crippen LogP contribution >= 0.6 is 11.6 Å². The number of aryl methyl sites for hydroxylation is 2. The summed E-state index contributed by atoms with van der Waals surface area (Å²) < 4.78 is 6.77. The van der Waals surface area contributed by atoms with Crippen LogP contribution in [0.25, 0.3) is 11.0 Å². The van der Waals surface area contributed by atoms with E-state index in [1.54, 1.807) is 18.0 Å². The van der Waals surface area contributed by atoms with E-state index in [9.17, 15) is 0 Å². The van der Waals surface area contributed by atoms with Crippen molar-refractivity contribution in [3.63, 3.8) is 0 Å². The van der Waals surface area contributed by atoms with Crippen molar-refractivity contribution in [1.29, 1.82) is 0 Å². The highest BCUT2D eigenvalue weighted by molar-refractivity contribution is 6.31. The molecule has 0 radical (unpaired) electrons. The number of rotatable bonds is 8. The summed E-state index contributed by atoms with van der Waals surface area (Å²) >= 11 is 6.22. The Morgan fingerprint density at radius 1 is 1.30 bits per heavy atom. The number of nitrogens with two attached hydrogens (primary N) is 1. The van der Waals surface area contributed by atoms with Gasteiger partial charge >= 0.3 is 0 Å². The maximum Gasteiger partial charge on any atom is 0.226 e. The highest BCUT2D eigenvalue weighted by Gasteiger charge is 2.12. The lowest BCUT2D eigenvalue weighted by atomic mass is 10.1. The molecule has 1 atom stereocenters. The fraction of sp³-hybridized carbons (Fsp3) is 0.389. The monoisotopic (exact) mass is 389 g/mol. The van der Waals surface area contributed by atoms with Gasteiger partial charge in [-0.05, 0) is 24.1 Å². The Balaban J connectivity index is 1.81. The molecule has 0 saturated carbocycles. The number of hydrogen-bond acceptors (Lipinski definition) is 7. The molecule has 0 aliphatic heterocycles. The molecule has 8 nitrogen and oxygen atoms in total. The first-order valence-corrected chi connectivity index (χ1v) is 9.02. The summed E-state index contributed by atoms with van der Waals surface area (Å²) in [7, 11) is 3.47. The normalized spacial score (nSPS) is 12.3. The van der Waals surface area contributed by atoms with Crippen molar-refractivity contribution < 1.29 is 4.74 Å². The van der Waals surface area contributed by atoms with Gasteiger partial charge in [-0.15, -0.1) is 0 Å². The van der Waals surface area contributed by atoms with Crippen LogP contribution in [0.2, 0.25) is 5.02 Å². The van der Waals surface area contributed by atoms with Crippen molar-refractivity contribution in [2.75, 3.05) is 30.9 Å². The highest BCUT2D eigenvalue weighted by atomic mass is 35.5. The smallest absolute Gasteiger partial charge is 0.226 e. The zero-order valence-corrected chi connectivity index (χ0v) is 16.4. The Hall–Kier alpha value is -2.42. The largest absolute Gasteiger partial charge is 0.383 e. The molecule has 0 saturated heterocycles. The maximum atomic E-state index is 6.22. The molecule has 4 N–H and O–H groups in total. The minimum Gasteiger partial charge on any atom is -0.383 e. The van der Waals surface area contributed by atoms with Gasteiger partial charge in [-0.25, -0.2) is 0 Å². The first-order valence-electron chi connectivity index (χ1n) is 8.65. The van der Waals surface area contributed by atoms with Crippen molar-refractivity contribution in [2.24, 2.45) is 12.8 Å². The second kappa shape index (κ2) is 8.51. The van der Waals surface area contributed by atoms with Crippen LogP contribution in [0.1, 0.15) is 11.1 Å². The highest BCUT2D eigenvalue weighted by Crippen LogP contribution is 2.23. The van der Waals surface area contributed by atoms with Gasteiger partial charge in [-0.1, -0.05) is 23.7 Å². The van der Waals surface area contributed by atoms with E-state index in [2.05, 4.69) is 25.7 Å². The Morgan fingerprint density at radius 3 is 2.85 bits per heavy atom. The standard InChI is InChI=1S/C18H24ClN7O/c1-11-4-5-12(6-15(11)19)7-21-16-14-9-23-26(2)17(14)25-18(24-16)22-8-13(20)10-27-3/h4-6,9,13H,7-8,10,20H2,1-3H3,(H2,21,22,24,25). The molecule has 9 heteroatoms. The van der Waals surface area contributed by atoms with E-state index in [4.69, 9.17) is 22.1 Å². The van der Waals surface area contributed by atoms with Gasteiger partial charge in [0.1, 0.15) is 5.82 Å². The molecule has 0 amide bonds. The number of anilines is 2. The van der Waals surface area contributed by atoms with Crippen LogP contribution in [0, 0.1) is 6.92 Å². The Kier molecular flexibility index (Phi) is 6.10. The van der Waals surface area contributed by atoms with E-state index in [0.717, 1.165) is 27.2 Å². The van der Waals surface area contributed by atoms with Crippen LogP contribution in [-0.4, -0.2) is 46.1 Å². The van der Waals surface area contributed by atoms with Gasteiger partial charge in [-0.3, -0.25) is 4.68 Å². The second-order valence-corrected chi connectivity index (χ2v) is 6.84. The van der Waals surface area contributed by atoms with Gasteiger partial charge in [0.25, 0.3) is 0 Å². The lowest BCUT2D eigenvalue weighted by molar-refractivity contribution is 0.183. The molecule has 3 aromatic rings. The summed E-state index contributed by atoms with van der Waals surface area (Å²) in [5.74, 6) is 1.19. The molecule has 0 spiro atoms. The summed E-state index contributed by atoms with van der Waals surface area (Å²) in [5, 5.41) is 12.4. The van der Waals surface area contributed by atoms with Gasteiger partial charge < -0.3 is 21.1 Å². The molecule has 27 heavy (non-hydrogen) atoms. The fourth-order valence-electron chi connectivity index (χ4n) is 2.66. The molecule has 1 unspecified atom stereocenters. The lowest BCUT2D eigenvalue weighted by Crippen LogP contribution is -2.33. The predicted molar refractivity (Wildman–Crippen MR) is 108 cm³/mol. The number of ether oxygens (including phenoxy) is 1. The SMILES string of the molecule is COCC(N)CNc1nc(NCc2ccc(C)c(Cl)c2)c2cnn(C)c2n1. The molecule has 0 aliphatic rings. The minimum absolute atomic E-state index is 0.146. The number of nitrogens with zero attached hydrogens (tertiary/aromatic N) is 4. The van der Waals surface area contributed by atoms with Crippen LogP contribution in [0.15, 0.2) is 24.4 Å². The van der Waals surface area contributed by atoms with Crippen LogP contribution in [0.4, 0.5) is 11.8 Å². The van der Waals surface area contributed by atoms with Crippen LogP contribution < -0.4 is 16.4 Å². The van der Waals surface area contributed by atoms with Gasteiger partial charge in [0.05, 0.1) is 18.2 Å². The molecule has 2 heterocycles. The Morgan fingerprint density at radius 2 is 2.11 bits per heavy atom. The Bertz CT molecular complexity index is 927. The zero-order valence-electron chi connectivity index (χ0n) is 15.7. The molecular weight excluding hydrogens is 366 g/mol. The molecule has 2 aromatic heterocycles. The van der Waals surface area contributed by atoms with Gasteiger partial charge in [0, 0.05) is 38.3 Å². The van der Waals surface area contributed by atoms with Crippen molar-refractivity contribution in [1.82, 2.24) is 19.7 Å². The molecule has 1 aromatic carbocycles. The first-order chi connectivity index (χ1) is 13.0. The molecule has 0 aliphatic carbocycles. The van der Waals surface area contributed by atoms with E-state index < -0.39 is 0 Å².